The van der Waals surface area contributed by atoms with Gasteiger partial charge in [-0.05, 0) is 37.5 Å². The summed E-state index contributed by atoms with van der Waals surface area (Å²) in [6.07, 6.45) is 6.20. The largest absolute Gasteiger partial charge is 0.508 e. The summed E-state index contributed by atoms with van der Waals surface area (Å²) in [5.74, 6) is 1.24. The minimum Gasteiger partial charge on any atom is -0.508 e. The summed E-state index contributed by atoms with van der Waals surface area (Å²) in [5.41, 5.74) is 1.13. The molecule has 0 aliphatic rings. The van der Waals surface area contributed by atoms with Gasteiger partial charge in [0.1, 0.15) is 11.6 Å². The Morgan fingerprint density at radius 1 is 1.32 bits per heavy atom. The molecule has 0 spiro atoms. The van der Waals surface area contributed by atoms with Crippen LogP contribution < -0.4 is 0 Å². The highest BCUT2D eigenvalue weighted by Crippen LogP contribution is 2.19. The number of phenolic OH excluding ortho intramolecular Hbond substituents is 1. The third kappa shape index (κ3) is 3.58. The third-order valence-corrected chi connectivity index (χ3v) is 3.32. The van der Waals surface area contributed by atoms with E-state index in [0.29, 0.717) is 18.2 Å². The molecule has 1 heterocycles. The minimum absolute atomic E-state index is 0.121. The van der Waals surface area contributed by atoms with E-state index in [1.54, 1.807) is 18.3 Å². The summed E-state index contributed by atoms with van der Waals surface area (Å²) in [6, 6.07) is 7.70. The van der Waals surface area contributed by atoms with Crippen LogP contribution in [0.5, 0.6) is 5.75 Å². The molecule has 1 aromatic carbocycles. The smallest absolute Gasteiger partial charge is 0.115 e. The highest BCUT2D eigenvalue weighted by Gasteiger charge is 2.09. The molecule has 4 heteroatoms. The molecule has 0 fully saturated rings. The van der Waals surface area contributed by atoms with Gasteiger partial charge in [-0.2, -0.15) is 0 Å². The minimum atomic E-state index is 0.121. The molecule has 19 heavy (non-hydrogen) atoms. The van der Waals surface area contributed by atoms with Crippen LogP contribution >= 0.6 is 0 Å². The van der Waals surface area contributed by atoms with E-state index in [2.05, 4.69) is 16.5 Å². The molecule has 4 nitrogen and oxygen atoms in total. The van der Waals surface area contributed by atoms with Crippen LogP contribution in [0.15, 0.2) is 36.7 Å². The highest BCUT2D eigenvalue weighted by atomic mass is 16.3. The molecule has 1 atom stereocenters. The van der Waals surface area contributed by atoms with Crippen LogP contribution in [0, 0.1) is 0 Å². The van der Waals surface area contributed by atoms with Gasteiger partial charge in [0.25, 0.3) is 0 Å². The standard InChI is InChI=1S/C15H20N2O2/c1-12(17-9-8-16-15(17)7-10-18)5-6-13-3-2-4-14(19)11-13/h2-4,8-9,11-12,18-19H,5-7,10H2,1H3. The van der Waals surface area contributed by atoms with Gasteiger partial charge in [-0.3, -0.25) is 0 Å². The summed E-state index contributed by atoms with van der Waals surface area (Å²) in [6.45, 7) is 2.27. The third-order valence-electron chi connectivity index (χ3n) is 3.32. The van der Waals surface area contributed by atoms with Crippen molar-refractivity contribution in [3.8, 4) is 5.75 Å². The first kappa shape index (κ1) is 13.6. The summed E-state index contributed by atoms with van der Waals surface area (Å²) in [7, 11) is 0. The van der Waals surface area contributed by atoms with Crippen LogP contribution in [0.25, 0.3) is 0 Å². The zero-order valence-corrected chi connectivity index (χ0v) is 11.2. The molecule has 2 rings (SSSR count). The van der Waals surface area contributed by atoms with Gasteiger partial charge >= 0.3 is 0 Å². The van der Waals surface area contributed by atoms with Crippen molar-refractivity contribution in [3.63, 3.8) is 0 Å². The van der Waals surface area contributed by atoms with E-state index in [1.165, 1.54) is 0 Å². The van der Waals surface area contributed by atoms with Gasteiger partial charge in [0.15, 0.2) is 0 Å². The van der Waals surface area contributed by atoms with Crippen LogP contribution in [-0.4, -0.2) is 26.4 Å². The fraction of sp³-hybridized carbons (Fsp3) is 0.400. The molecule has 1 aromatic heterocycles. The zero-order valence-electron chi connectivity index (χ0n) is 11.2. The van der Waals surface area contributed by atoms with E-state index in [9.17, 15) is 5.11 Å². The van der Waals surface area contributed by atoms with Crippen molar-refractivity contribution < 1.29 is 10.2 Å². The number of aliphatic hydroxyl groups excluding tert-OH is 1. The van der Waals surface area contributed by atoms with Crippen molar-refractivity contribution in [3.05, 3.63) is 48.0 Å². The Hall–Kier alpha value is -1.81. The lowest BCUT2D eigenvalue weighted by Gasteiger charge is -2.16. The van der Waals surface area contributed by atoms with Crippen LogP contribution in [-0.2, 0) is 12.8 Å². The van der Waals surface area contributed by atoms with E-state index in [1.807, 2.05) is 18.3 Å². The zero-order chi connectivity index (χ0) is 13.7. The van der Waals surface area contributed by atoms with E-state index in [-0.39, 0.29) is 6.61 Å². The maximum absolute atomic E-state index is 9.43. The Morgan fingerprint density at radius 2 is 2.16 bits per heavy atom. The molecule has 2 N–H and O–H groups in total. The number of aryl methyl sites for hydroxylation is 1. The fourth-order valence-corrected chi connectivity index (χ4v) is 2.27. The topological polar surface area (TPSA) is 58.3 Å². The van der Waals surface area contributed by atoms with Gasteiger partial charge in [-0.25, -0.2) is 4.98 Å². The predicted molar refractivity (Wildman–Crippen MR) is 74.2 cm³/mol. The Morgan fingerprint density at radius 3 is 2.89 bits per heavy atom. The molecule has 0 saturated carbocycles. The molecule has 0 aliphatic carbocycles. The number of benzene rings is 1. The molecule has 0 aliphatic heterocycles. The summed E-state index contributed by atoms with van der Waals surface area (Å²) in [4.78, 5) is 4.26. The van der Waals surface area contributed by atoms with Gasteiger partial charge in [0, 0.05) is 24.9 Å². The van der Waals surface area contributed by atoms with Crippen molar-refractivity contribution in [2.24, 2.45) is 0 Å². The van der Waals surface area contributed by atoms with Crippen LogP contribution in [0.1, 0.15) is 30.8 Å². The van der Waals surface area contributed by atoms with Crippen molar-refractivity contribution in [1.29, 1.82) is 0 Å². The summed E-state index contributed by atoms with van der Waals surface area (Å²) < 4.78 is 2.11. The normalized spacial score (nSPS) is 12.5. The van der Waals surface area contributed by atoms with Gasteiger partial charge < -0.3 is 14.8 Å². The molecule has 2 aromatic rings. The lowest BCUT2D eigenvalue weighted by atomic mass is 10.1. The van der Waals surface area contributed by atoms with Gasteiger partial charge in [0.05, 0.1) is 6.61 Å². The second-order valence-electron chi connectivity index (χ2n) is 4.78. The lowest BCUT2D eigenvalue weighted by Crippen LogP contribution is -2.10. The number of nitrogens with zero attached hydrogens (tertiary/aromatic N) is 2. The summed E-state index contributed by atoms with van der Waals surface area (Å²) in [5, 5.41) is 18.4. The number of aliphatic hydroxyl groups is 1. The SMILES string of the molecule is CC(CCc1cccc(O)c1)n1ccnc1CCO. The van der Waals surface area contributed by atoms with E-state index >= 15 is 0 Å². The number of aromatic nitrogens is 2. The lowest BCUT2D eigenvalue weighted by molar-refractivity contribution is 0.292. The van der Waals surface area contributed by atoms with E-state index < -0.39 is 0 Å². The highest BCUT2D eigenvalue weighted by molar-refractivity contribution is 5.27. The van der Waals surface area contributed by atoms with Crippen molar-refractivity contribution in [1.82, 2.24) is 9.55 Å². The Kier molecular flexibility index (Phi) is 4.58. The maximum Gasteiger partial charge on any atom is 0.115 e. The van der Waals surface area contributed by atoms with Crippen molar-refractivity contribution in [2.45, 2.75) is 32.2 Å². The second-order valence-corrected chi connectivity index (χ2v) is 4.78. The molecule has 0 saturated heterocycles. The van der Waals surface area contributed by atoms with Crippen LogP contribution in [0.2, 0.25) is 0 Å². The molecule has 1 unspecified atom stereocenters. The fourth-order valence-electron chi connectivity index (χ4n) is 2.27. The van der Waals surface area contributed by atoms with Gasteiger partial charge in [0.2, 0.25) is 0 Å². The Balaban J connectivity index is 1.97. The van der Waals surface area contributed by atoms with Gasteiger partial charge in [-0.1, -0.05) is 12.1 Å². The number of imidazole rings is 1. The molecular formula is C15H20N2O2. The number of phenols is 1. The molecule has 0 bridgehead atoms. The van der Waals surface area contributed by atoms with Crippen molar-refractivity contribution >= 4 is 0 Å². The number of hydrogen-bond acceptors (Lipinski definition) is 3. The van der Waals surface area contributed by atoms with Gasteiger partial charge in [-0.15, -0.1) is 0 Å². The first-order valence-corrected chi connectivity index (χ1v) is 6.61. The first-order chi connectivity index (χ1) is 9.20. The maximum atomic E-state index is 9.43. The van der Waals surface area contributed by atoms with Crippen molar-refractivity contribution in [2.75, 3.05) is 6.61 Å². The average Bonchev–Trinajstić information content (AvgIpc) is 2.85. The molecular weight excluding hydrogens is 240 g/mol. The quantitative estimate of drug-likeness (QED) is 0.838. The first-order valence-electron chi connectivity index (χ1n) is 6.61. The number of hydrogen-bond donors (Lipinski definition) is 2. The monoisotopic (exact) mass is 260 g/mol. The Labute approximate surface area is 113 Å². The molecule has 0 radical (unpaired) electrons. The van der Waals surface area contributed by atoms with E-state index in [0.717, 1.165) is 24.2 Å². The molecule has 0 amide bonds. The van der Waals surface area contributed by atoms with E-state index in [4.69, 9.17) is 5.11 Å². The predicted octanol–water partition coefficient (Wildman–Crippen LogP) is 2.32. The Bertz CT molecular complexity index is 522. The van der Waals surface area contributed by atoms with Crippen LogP contribution in [0.4, 0.5) is 0 Å². The number of rotatable bonds is 6. The van der Waals surface area contributed by atoms with Crippen LogP contribution in [0.3, 0.4) is 0 Å². The second kappa shape index (κ2) is 6.38. The average molecular weight is 260 g/mol. The number of aromatic hydroxyl groups is 1. The molecule has 102 valence electrons. The summed E-state index contributed by atoms with van der Waals surface area (Å²) >= 11 is 0.